The molecule has 2 rings (SSSR count). The Kier molecular flexibility index (Phi) is 3.62. The van der Waals surface area contributed by atoms with Crippen LogP contribution in [0.3, 0.4) is 0 Å². The molecule has 0 saturated carbocycles. The van der Waals surface area contributed by atoms with Crippen LogP contribution in [0, 0.1) is 0 Å². The SMILES string of the molecule is NC1CCCN(C(=O)CCc2ccco2)C1. The standard InChI is InChI=1S/C12H18N2O2/c13-10-3-1-7-14(9-10)12(15)6-5-11-4-2-8-16-11/h2,4,8,10H,1,3,5-7,9,13H2. The maximum atomic E-state index is 11.9. The summed E-state index contributed by atoms with van der Waals surface area (Å²) < 4.78 is 5.20. The van der Waals surface area contributed by atoms with Crippen LogP contribution < -0.4 is 5.73 Å². The highest BCUT2D eigenvalue weighted by atomic mass is 16.3. The van der Waals surface area contributed by atoms with E-state index in [2.05, 4.69) is 0 Å². The van der Waals surface area contributed by atoms with E-state index in [-0.39, 0.29) is 11.9 Å². The maximum Gasteiger partial charge on any atom is 0.223 e. The second-order valence-electron chi connectivity index (χ2n) is 4.32. The van der Waals surface area contributed by atoms with Crippen molar-refractivity contribution in [1.82, 2.24) is 4.90 Å². The van der Waals surface area contributed by atoms with Gasteiger partial charge in [0.05, 0.1) is 6.26 Å². The molecule has 0 bridgehead atoms. The second-order valence-corrected chi connectivity index (χ2v) is 4.32. The summed E-state index contributed by atoms with van der Waals surface area (Å²) in [7, 11) is 0. The van der Waals surface area contributed by atoms with Crippen LogP contribution in [0.5, 0.6) is 0 Å². The van der Waals surface area contributed by atoms with Crippen LogP contribution in [0.1, 0.15) is 25.0 Å². The molecule has 0 radical (unpaired) electrons. The van der Waals surface area contributed by atoms with Crippen LogP contribution in [-0.2, 0) is 11.2 Å². The second kappa shape index (κ2) is 5.16. The van der Waals surface area contributed by atoms with Gasteiger partial charge in [-0.25, -0.2) is 0 Å². The van der Waals surface area contributed by atoms with Crippen LogP contribution in [0.15, 0.2) is 22.8 Å². The number of nitrogens with two attached hydrogens (primary N) is 1. The maximum absolute atomic E-state index is 11.9. The van der Waals surface area contributed by atoms with Gasteiger partial charge in [-0.15, -0.1) is 0 Å². The van der Waals surface area contributed by atoms with Gasteiger partial charge in [0.25, 0.3) is 0 Å². The number of nitrogens with zero attached hydrogens (tertiary/aromatic N) is 1. The Morgan fingerprint density at radius 2 is 2.50 bits per heavy atom. The van der Waals surface area contributed by atoms with Crippen LogP contribution in [0.2, 0.25) is 0 Å². The number of furan rings is 1. The molecule has 2 N–H and O–H groups in total. The summed E-state index contributed by atoms with van der Waals surface area (Å²) in [6.45, 7) is 1.56. The molecule has 88 valence electrons. The first-order chi connectivity index (χ1) is 7.75. The minimum atomic E-state index is 0.154. The molecule has 1 unspecified atom stereocenters. The number of hydrogen-bond donors (Lipinski definition) is 1. The summed E-state index contributed by atoms with van der Waals surface area (Å²) in [6, 6.07) is 3.90. The van der Waals surface area contributed by atoms with Gasteiger partial charge in [-0.2, -0.15) is 0 Å². The summed E-state index contributed by atoms with van der Waals surface area (Å²) in [5.74, 6) is 1.06. The number of aryl methyl sites for hydroxylation is 1. The van der Waals surface area contributed by atoms with E-state index in [4.69, 9.17) is 10.2 Å². The number of rotatable bonds is 3. The largest absolute Gasteiger partial charge is 0.469 e. The average molecular weight is 222 g/mol. The number of piperidine rings is 1. The molecule has 2 heterocycles. The van der Waals surface area contributed by atoms with Gasteiger partial charge in [0, 0.05) is 32.0 Å². The zero-order valence-corrected chi connectivity index (χ0v) is 9.39. The van der Waals surface area contributed by atoms with Crippen molar-refractivity contribution >= 4 is 5.91 Å². The molecule has 1 aliphatic heterocycles. The topological polar surface area (TPSA) is 59.5 Å². The Hall–Kier alpha value is -1.29. The third-order valence-corrected chi connectivity index (χ3v) is 2.98. The predicted octanol–water partition coefficient (Wildman–Crippen LogP) is 1.16. The molecule has 1 aliphatic rings. The van der Waals surface area contributed by atoms with Gasteiger partial charge in [0.15, 0.2) is 0 Å². The summed E-state index contributed by atoms with van der Waals surface area (Å²) in [5, 5.41) is 0. The van der Waals surface area contributed by atoms with E-state index in [0.29, 0.717) is 19.4 Å². The van der Waals surface area contributed by atoms with Crippen molar-refractivity contribution in [2.45, 2.75) is 31.7 Å². The molecule has 0 spiro atoms. The number of likely N-dealkylation sites (tertiary alicyclic amines) is 1. The first-order valence-corrected chi connectivity index (χ1v) is 5.81. The number of amides is 1. The smallest absolute Gasteiger partial charge is 0.223 e. The summed E-state index contributed by atoms with van der Waals surface area (Å²) >= 11 is 0. The molecule has 4 heteroatoms. The lowest BCUT2D eigenvalue weighted by Crippen LogP contribution is -2.45. The fourth-order valence-electron chi connectivity index (χ4n) is 2.08. The molecule has 1 aromatic rings. The predicted molar refractivity (Wildman–Crippen MR) is 60.8 cm³/mol. The third kappa shape index (κ3) is 2.85. The molecule has 4 nitrogen and oxygen atoms in total. The van der Waals surface area contributed by atoms with Gasteiger partial charge in [-0.05, 0) is 25.0 Å². The summed E-state index contributed by atoms with van der Waals surface area (Å²) in [5.41, 5.74) is 5.84. The Morgan fingerprint density at radius 1 is 1.62 bits per heavy atom. The molecular formula is C12H18N2O2. The Balaban J connectivity index is 1.79. The number of carbonyl (C=O) groups is 1. The first kappa shape index (κ1) is 11.2. The fraction of sp³-hybridized carbons (Fsp3) is 0.583. The van der Waals surface area contributed by atoms with Gasteiger partial charge in [-0.3, -0.25) is 4.79 Å². The van der Waals surface area contributed by atoms with Crippen LogP contribution in [-0.4, -0.2) is 29.9 Å². The van der Waals surface area contributed by atoms with E-state index in [1.807, 2.05) is 17.0 Å². The molecular weight excluding hydrogens is 204 g/mol. The summed E-state index contributed by atoms with van der Waals surface area (Å²) in [4.78, 5) is 13.7. The highest BCUT2D eigenvalue weighted by Gasteiger charge is 2.20. The van der Waals surface area contributed by atoms with E-state index >= 15 is 0 Å². The Morgan fingerprint density at radius 3 is 3.19 bits per heavy atom. The highest BCUT2D eigenvalue weighted by molar-refractivity contribution is 5.76. The molecule has 1 atom stereocenters. The third-order valence-electron chi connectivity index (χ3n) is 2.98. The van der Waals surface area contributed by atoms with Crippen molar-refractivity contribution < 1.29 is 9.21 Å². The molecule has 1 amide bonds. The monoisotopic (exact) mass is 222 g/mol. The highest BCUT2D eigenvalue weighted by Crippen LogP contribution is 2.11. The lowest BCUT2D eigenvalue weighted by Gasteiger charge is -2.30. The average Bonchev–Trinajstić information content (AvgIpc) is 2.78. The minimum absolute atomic E-state index is 0.154. The van der Waals surface area contributed by atoms with Gasteiger partial charge >= 0.3 is 0 Å². The summed E-state index contributed by atoms with van der Waals surface area (Å²) in [6.07, 6.45) is 4.88. The van der Waals surface area contributed by atoms with Crippen molar-refractivity contribution in [2.75, 3.05) is 13.1 Å². The zero-order valence-electron chi connectivity index (χ0n) is 9.39. The zero-order chi connectivity index (χ0) is 11.4. The van der Waals surface area contributed by atoms with Crippen molar-refractivity contribution in [3.63, 3.8) is 0 Å². The molecule has 0 aromatic carbocycles. The molecule has 1 fully saturated rings. The van der Waals surface area contributed by atoms with Crippen molar-refractivity contribution in [3.05, 3.63) is 24.2 Å². The van der Waals surface area contributed by atoms with Gasteiger partial charge in [-0.1, -0.05) is 0 Å². The van der Waals surface area contributed by atoms with E-state index in [1.54, 1.807) is 6.26 Å². The van der Waals surface area contributed by atoms with Crippen molar-refractivity contribution in [2.24, 2.45) is 5.73 Å². The van der Waals surface area contributed by atoms with Crippen LogP contribution in [0.4, 0.5) is 0 Å². The number of hydrogen-bond acceptors (Lipinski definition) is 3. The lowest BCUT2D eigenvalue weighted by molar-refractivity contribution is -0.132. The van der Waals surface area contributed by atoms with Crippen molar-refractivity contribution in [1.29, 1.82) is 0 Å². The minimum Gasteiger partial charge on any atom is -0.469 e. The number of carbonyl (C=O) groups excluding carboxylic acids is 1. The van der Waals surface area contributed by atoms with Gasteiger partial charge in [0.2, 0.25) is 5.91 Å². The molecule has 1 saturated heterocycles. The molecule has 16 heavy (non-hydrogen) atoms. The van der Waals surface area contributed by atoms with Crippen molar-refractivity contribution in [3.8, 4) is 0 Å². The van der Waals surface area contributed by atoms with Crippen LogP contribution >= 0.6 is 0 Å². The van der Waals surface area contributed by atoms with E-state index < -0.39 is 0 Å². The fourth-order valence-corrected chi connectivity index (χ4v) is 2.08. The Bertz CT molecular complexity index is 335. The Labute approximate surface area is 95.4 Å². The van der Waals surface area contributed by atoms with Gasteiger partial charge in [0.1, 0.15) is 5.76 Å². The van der Waals surface area contributed by atoms with E-state index in [0.717, 1.165) is 25.1 Å². The lowest BCUT2D eigenvalue weighted by atomic mass is 10.1. The first-order valence-electron chi connectivity index (χ1n) is 5.81. The van der Waals surface area contributed by atoms with Crippen LogP contribution in [0.25, 0.3) is 0 Å². The normalized spacial score (nSPS) is 21.1. The van der Waals surface area contributed by atoms with Gasteiger partial charge < -0.3 is 15.1 Å². The quantitative estimate of drug-likeness (QED) is 0.835. The molecule has 0 aliphatic carbocycles. The molecule has 1 aromatic heterocycles. The van der Waals surface area contributed by atoms with E-state index in [1.165, 1.54) is 0 Å². The van der Waals surface area contributed by atoms with E-state index in [9.17, 15) is 4.79 Å².